The molecule has 26 heavy (non-hydrogen) atoms. The lowest BCUT2D eigenvalue weighted by Gasteiger charge is -2.35. The number of piperazine rings is 1. The molecule has 2 heterocycles. The van der Waals surface area contributed by atoms with E-state index in [1.54, 1.807) is 12.3 Å². The molecule has 0 aromatic heterocycles. The number of carbonyl (C=O) groups excluding carboxylic acids is 1. The van der Waals surface area contributed by atoms with Crippen molar-refractivity contribution >= 4 is 34.8 Å². The molecule has 1 aromatic rings. The van der Waals surface area contributed by atoms with Gasteiger partial charge in [-0.1, -0.05) is 11.8 Å². The fourth-order valence-corrected chi connectivity index (χ4v) is 4.15. The highest BCUT2D eigenvalue weighted by molar-refractivity contribution is 8.04. The number of thioether (sulfide) groups is 1. The molecule has 1 saturated heterocycles. The summed E-state index contributed by atoms with van der Waals surface area (Å²) >= 11 is 1.21. The van der Waals surface area contributed by atoms with Crippen LogP contribution < -0.4 is 9.80 Å². The highest BCUT2D eigenvalue weighted by atomic mass is 32.2. The molecule has 1 aromatic carbocycles. The first-order valence-electron chi connectivity index (χ1n) is 8.45. The van der Waals surface area contributed by atoms with Crippen molar-refractivity contribution in [3.05, 3.63) is 33.4 Å². The zero-order valence-corrected chi connectivity index (χ0v) is 15.9. The molecule has 2 aliphatic heterocycles. The normalized spacial score (nSPS) is 17.6. The number of carbonyl (C=O) groups is 1. The summed E-state index contributed by atoms with van der Waals surface area (Å²) in [5, 5.41) is 11.7. The second-order valence-corrected chi connectivity index (χ2v) is 7.31. The van der Waals surface area contributed by atoms with Crippen LogP contribution in [0.2, 0.25) is 0 Å². The Bertz CT molecular complexity index is 759. The van der Waals surface area contributed by atoms with Crippen molar-refractivity contribution < 1.29 is 14.5 Å². The fraction of sp³-hybridized carbons (Fsp3) is 0.471. The van der Waals surface area contributed by atoms with E-state index in [-0.39, 0.29) is 10.6 Å². The molecule has 8 nitrogen and oxygen atoms in total. The van der Waals surface area contributed by atoms with Gasteiger partial charge in [0.25, 0.3) is 5.69 Å². The monoisotopic (exact) mass is 378 g/mol. The molecule has 0 bridgehead atoms. The van der Waals surface area contributed by atoms with E-state index in [0.29, 0.717) is 22.0 Å². The highest BCUT2D eigenvalue weighted by Crippen LogP contribution is 2.46. The number of nitro benzene ring substituents is 1. The number of ether oxygens (including phenoxy) is 1. The Kier molecular flexibility index (Phi) is 5.38. The lowest BCUT2D eigenvalue weighted by Crippen LogP contribution is -2.44. The van der Waals surface area contributed by atoms with Gasteiger partial charge in [-0.2, -0.15) is 0 Å². The third kappa shape index (κ3) is 3.49. The minimum atomic E-state index is -0.440. The molecule has 0 amide bonds. The predicted molar refractivity (Wildman–Crippen MR) is 102 cm³/mol. The van der Waals surface area contributed by atoms with E-state index in [0.717, 1.165) is 31.9 Å². The van der Waals surface area contributed by atoms with Crippen LogP contribution in [0.4, 0.5) is 17.1 Å². The van der Waals surface area contributed by atoms with E-state index >= 15 is 0 Å². The van der Waals surface area contributed by atoms with E-state index < -0.39 is 5.97 Å². The average Bonchev–Trinajstić information content (AvgIpc) is 2.65. The van der Waals surface area contributed by atoms with Crippen LogP contribution in [-0.2, 0) is 9.53 Å². The van der Waals surface area contributed by atoms with Crippen molar-refractivity contribution in [1.82, 2.24) is 4.90 Å². The van der Waals surface area contributed by atoms with Gasteiger partial charge in [-0.15, -0.1) is 0 Å². The van der Waals surface area contributed by atoms with Crippen LogP contribution in [0, 0.1) is 10.1 Å². The van der Waals surface area contributed by atoms with Gasteiger partial charge in [-0.25, -0.2) is 4.79 Å². The Hall–Kier alpha value is -2.26. The van der Waals surface area contributed by atoms with Gasteiger partial charge < -0.3 is 19.4 Å². The summed E-state index contributed by atoms with van der Waals surface area (Å²) in [7, 11) is 3.38. The summed E-state index contributed by atoms with van der Waals surface area (Å²) in [6.45, 7) is 5.85. The molecule has 2 aliphatic rings. The highest BCUT2D eigenvalue weighted by Gasteiger charge is 2.30. The molecule has 140 valence electrons. The van der Waals surface area contributed by atoms with Crippen LogP contribution in [-0.4, -0.2) is 62.7 Å². The lowest BCUT2D eigenvalue weighted by molar-refractivity contribution is -0.384. The molecule has 0 atom stereocenters. The van der Waals surface area contributed by atoms with Gasteiger partial charge in [0.2, 0.25) is 0 Å². The van der Waals surface area contributed by atoms with Crippen molar-refractivity contribution in [3.8, 4) is 0 Å². The standard InChI is InChI=1S/C17H22N4O4S/c1-4-19-11-16(17(22)25-3)26-15-10-13(21(23)24)12(9-14(15)19)20-7-5-18(2)6-8-20/h9-11H,4-8H2,1-3H3. The molecular weight excluding hydrogens is 356 g/mol. The first-order valence-corrected chi connectivity index (χ1v) is 9.26. The van der Waals surface area contributed by atoms with Gasteiger partial charge in [-0.05, 0) is 20.0 Å². The number of fused-ring (bicyclic) bond motifs is 1. The van der Waals surface area contributed by atoms with E-state index in [2.05, 4.69) is 9.80 Å². The number of methoxy groups -OCH3 is 1. The van der Waals surface area contributed by atoms with E-state index in [4.69, 9.17) is 4.74 Å². The Labute approximate surface area is 156 Å². The van der Waals surface area contributed by atoms with Gasteiger partial charge in [0.05, 0.1) is 17.7 Å². The third-order valence-electron chi connectivity index (χ3n) is 4.63. The second-order valence-electron chi connectivity index (χ2n) is 6.23. The average molecular weight is 378 g/mol. The zero-order valence-electron chi connectivity index (χ0n) is 15.1. The number of nitrogens with zero attached hydrogens (tertiary/aromatic N) is 4. The van der Waals surface area contributed by atoms with Crippen molar-refractivity contribution in [2.24, 2.45) is 0 Å². The van der Waals surface area contributed by atoms with E-state index in [1.807, 2.05) is 24.9 Å². The molecule has 0 saturated carbocycles. The minimum absolute atomic E-state index is 0.0722. The maximum atomic E-state index is 11.9. The van der Waals surface area contributed by atoms with Gasteiger partial charge in [0.1, 0.15) is 10.6 Å². The van der Waals surface area contributed by atoms with E-state index in [9.17, 15) is 14.9 Å². The van der Waals surface area contributed by atoms with Crippen molar-refractivity contribution in [2.45, 2.75) is 11.8 Å². The molecule has 0 unspecified atom stereocenters. The Morgan fingerprint density at radius 1 is 1.27 bits per heavy atom. The summed E-state index contributed by atoms with van der Waals surface area (Å²) in [4.78, 5) is 30.6. The fourth-order valence-electron chi connectivity index (χ4n) is 3.11. The minimum Gasteiger partial charge on any atom is -0.465 e. The smallest absolute Gasteiger partial charge is 0.346 e. The summed E-state index contributed by atoms with van der Waals surface area (Å²) in [6.07, 6.45) is 1.75. The number of esters is 1. The van der Waals surface area contributed by atoms with Crippen molar-refractivity contribution in [2.75, 3.05) is 56.7 Å². The molecule has 0 aliphatic carbocycles. The van der Waals surface area contributed by atoms with Crippen molar-refractivity contribution in [1.29, 1.82) is 0 Å². The molecule has 0 radical (unpaired) electrons. The number of benzene rings is 1. The predicted octanol–water partition coefficient (Wildman–Crippen LogP) is 2.29. The van der Waals surface area contributed by atoms with Gasteiger partial charge in [0, 0.05) is 49.9 Å². The summed E-state index contributed by atoms with van der Waals surface area (Å²) < 4.78 is 4.80. The Morgan fingerprint density at radius 3 is 2.54 bits per heavy atom. The number of anilines is 2. The molecular formula is C17H22N4O4S. The molecule has 0 N–H and O–H groups in total. The van der Waals surface area contributed by atoms with E-state index in [1.165, 1.54) is 18.9 Å². The van der Waals surface area contributed by atoms with Crippen LogP contribution >= 0.6 is 11.8 Å². The van der Waals surface area contributed by atoms with Crippen molar-refractivity contribution in [3.63, 3.8) is 0 Å². The van der Waals surface area contributed by atoms with Crippen LogP contribution in [0.25, 0.3) is 0 Å². The summed E-state index contributed by atoms with van der Waals surface area (Å²) in [5.41, 5.74) is 1.59. The lowest BCUT2D eigenvalue weighted by atomic mass is 10.1. The SMILES string of the molecule is CCN1C=C(C(=O)OC)Sc2cc([N+](=O)[O-])c(N3CCN(C)CC3)cc21. The summed E-state index contributed by atoms with van der Waals surface area (Å²) in [5.74, 6) is -0.440. The van der Waals surface area contributed by atoms with Crippen LogP contribution in [0.3, 0.4) is 0 Å². The van der Waals surface area contributed by atoms with Crippen LogP contribution in [0.5, 0.6) is 0 Å². The maximum Gasteiger partial charge on any atom is 0.346 e. The van der Waals surface area contributed by atoms with Gasteiger partial charge >= 0.3 is 5.97 Å². The van der Waals surface area contributed by atoms with Gasteiger partial charge in [-0.3, -0.25) is 10.1 Å². The number of nitro groups is 1. The second kappa shape index (κ2) is 7.55. The Balaban J connectivity index is 2.03. The summed E-state index contributed by atoms with van der Waals surface area (Å²) in [6, 6.07) is 3.45. The molecule has 1 fully saturated rings. The first kappa shape index (κ1) is 18.5. The number of likely N-dealkylation sites (N-methyl/N-ethyl adjacent to an activating group) is 1. The maximum absolute atomic E-state index is 11.9. The topological polar surface area (TPSA) is 79.2 Å². The Morgan fingerprint density at radius 2 is 1.96 bits per heavy atom. The number of hydrogen-bond donors (Lipinski definition) is 0. The van der Waals surface area contributed by atoms with Crippen LogP contribution in [0.15, 0.2) is 28.1 Å². The quantitative estimate of drug-likeness (QED) is 0.449. The largest absolute Gasteiger partial charge is 0.465 e. The third-order valence-corrected chi connectivity index (χ3v) is 5.67. The molecule has 3 rings (SSSR count). The zero-order chi connectivity index (χ0) is 18.8. The molecule has 9 heteroatoms. The van der Waals surface area contributed by atoms with Crippen LogP contribution in [0.1, 0.15) is 6.92 Å². The molecule has 0 spiro atoms. The number of rotatable bonds is 4. The van der Waals surface area contributed by atoms with Gasteiger partial charge in [0.15, 0.2) is 0 Å². The first-order chi connectivity index (χ1) is 12.4. The number of hydrogen-bond acceptors (Lipinski definition) is 8.